The molecule has 1 atom stereocenters. The van der Waals surface area contributed by atoms with E-state index in [1.54, 1.807) is 12.1 Å². The third kappa shape index (κ3) is 6.79. The van der Waals surface area contributed by atoms with Gasteiger partial charge in [-0.05, 0) is 36.8 Å². The molecule has 28 heavy (non-hydrogen) atoms. The summed E-state index contributed by atoms with van der Waals surface area (Å²) in [6.07, 6.45) is -5.50. The topological polar surface area (TPSA) is 84.9 Å². The lowest BCUT2D eigenvalue weighted by Gasteiger charge is -2.19. The van der Waals surface area contributed by atoms with Gasteiger partial charge in [0.05, 0.1) is 24.2 Å². The van der Waals surface area contributed by atoms with Crippen LogP contribution in [0.4, 0.5) is 13.2 Å². The van der Waals surface area contributed by atoms with Gasteiger partial charge in [-0.2, -0.15) is 0 Å². The molecular weight excluding hydrogens is 399 g/mol. The Hall–Kier alpha value is -2.14. The minimum absolute atomic E-state index is 0.0176. The van der Waals surface area contributed by atoms with E-state index in [0.717, 1.165) is 35.4 Å². The number of alkyl halides is 3. The van der Waals surface area contributed by atoms with Gasteiger partial charge in [0.2, 0.25) is 10.0 Å². The minimum atomic E-state index is -4.86. The number of halogens is 3. The summed E-state index contributed by atoms with van der Waals surface area (Å²) in [6, 6.07) is 11.1. The van der Waals surface area contributed by atoms with E-state index in [-0.39, 0.29) is 24.7 Å². The van der Waals surface area contributed by atoms with E-state index < -0.39 is 28.2 Å². The van der Waals surface area contributed by atoms with Crippen molar-refractivity contribution in [2.24, 2.45) is 0 Å². The molecule has 0 saturated carbocycles. The molecule has 0 aliphatic carbocycles. The number of nitrogens with one attached hydrogen (secondary N) is 1. The van der Waals surface area contributed by atoms with Gasteiger partial charge in [0, 0.05) is 6.54 Å². The van der Waals surface area contributed by atoms with Crippen molar-refractivity contribution in [2.45, 2.75) is 24.3 Å². The number of benzene rings is 2. The largest absolute Gasteiger partial charge is 0.573 e. The zero-order chi connectivity index (χ0) is 20.8. The second-order valence-electron chi connectivity index (χ2n) is 5.86. The highest BCUT2D eigenvalue weighted by Gasteiger charge is 2.31. The fourth-order valence-corrected chi connectivity index (χ4v) is 3.37. The van der Waals surface area contributed by atoms with Crippen LogP contribution in [0.1, 0.15) is 17.2 Å². The lowest BCUT2D eigenvalue weighted by atomic mass is 10.1. The third-order valence-corrected chi connectivity index (χ3v) is 5.13. The van der Waals surface area contributed by atoms with Crippen molar-refractivity contribution in [1.82, 2.24) is 4.72 Å². The number of ether oxygens (including phenoxy) is 2. The fraction of sp³-hybridized carbons (Fsp3) is 0.333. The van der Waals surface area contributed by atoms with Gasteiger partial charge in [0.15, 0.2) is 0 Å². The van der Waals surface area contributed by atoms with E-state index in [4.69, 9.17) is 9.84 Å². The molecule has 0 heterocycles. The Morgan fingerprint density at radius 1 is 1.07 bits per heavy atom. The summed E-state index contributed by atoms with van der Waals surface area (Å²) in [5, 5.41) is 8.96. The van der Waals surface area contributed by atoms with E-state index in [1.807, 2.05) is 19.1 Å². The van der Waals surface area contributed by atoms with Crippen molar-refractivity contribution in [1.29, 1.82) is 0 Å². The SMILES string of the molecule is Cc1ccc(C(CNS(=O)(=O)c2ccc(OC(F)(F)F)cc2)OCCO)cc1. The van der Waals surface area contributed by atoms with Crippen molar-refractivity contribution in [3.63, 3.8) is 0 Å². The van der Waals surface area contributed by atoms with Crippen LogP contribution in [0.25, 0.3) is 0 Å². The molecule has 0 aliphatic rings. The molecule has 0 saturated heterocycles. The maximum absolute atomic E-state index is 12.4. The molecule has 1 unspecified atom stereocenters. The van der Waals surface area contributed by atoms with E-state index in [9.17, 15) is 21.6 Å². The van der Waals surface area contributed by atoms with Gasteiger partial charge in [-0.25, -0.2) is 13.1 Å². The molecule has 0 bridgehead atoms. The van der Waals surface area contributed by atoms with Crippen LogP contribution in [0.3, 0.4) is 0 Å². The van der Waals surface area contributed by atoms with Crippen LogP contribution in [0.15, 0.2) is 53.4 Å². The molecule has 2 N–H and O–H groups in total. The van der Waals surface area contributed by atoms with Crippen molar-refractivity contribution < 1.29 is 36.2 Å². The van der Waals surface area contributed by atoms with Crippen LogP contribution in [-0.4, -0.2) is 39.6 Å². The van der Waals surface area contributed by atoms with Crippen LogP contribution >= 0.6 is 0 Å². The highest BCUT2D eigenvalue weighted by molar-refractivity contribution is 7.89. The van der Waals surface area contributed by atoms with Gasteiger partial charge < -0.3 is 14.6 Å². The number of aliphatic hydroxyl groups is 1. The molecule has 0 radical (unpaired) electrons. The summed E-state index contributed by atoms with van der Waals surface area (Å²) in [5.41, 5.74) is 1.74. The zero-order valence-electron chi connectivity index (χ0n) is 14.9. The molecule has 6 nitrogen and oxygen atoms in total. The van der Waals surface area contributed by atoms with Crippen molar-refractivity contribution in [2.75, 3.05) is 19.8 Å². The first-order chi connectivity index (χ1) is 13.1. The summed E-state index contributed by atoms with van der Waals surface area (Å²) >= 11 is 0. The Balaban J connectivity index is 2.09. The van der Waals surface area contributed by atoms with Gasteiger partial charge in [-0.3, -0.25) is 0 Å². The molecule has 2 aromatic rings. The van der Waals surface area contributed by atoms with E-state index in [0.29, 0.717) is 0 Å². The van der Waals surface area contributed by atoms with Crippen LogP contribution in [0, 0.1) is 6.92 Å². The molecule has 0 aromatic heterocycles. The van der Waals surface area contributed by atoms with Gasteiger partial charge in [-0.15, -0.1) is 13.2 Å². The van der Waals surface area contributed by atoms with Crippen LogP contribution in [0.5, 0.6) is 5.75 Å². The number of hydrogen-bond donors (Lipinski definition) is 2. The fourth-order valence-electron chi connectivity index (χ4n) is 2.34. The van der Waals surface area contributed by atoms with Gasteiger partial charge in [0.1, 0.15) is 5.75 Å². The molecule has 10 heteroatoms. The first-order valence-corrected chi connectivity index (χ1v) is 9.73. The lowest BCUT2D eigenvalue weighted by Crippen LogP contribution is -2.30. The van der Waals surface area contributed by atoms with Crippen LogP contribution in [0.2, 0.25) is 0 Å². The molecule has 2 aromatic carbocycles. The molecular formula is C18H20F3NO5S. The maximum atomic E-state index is 12.4. The predicted octanol–water partition coefficient (Wildman–Crippen LogP) is 2.92. The monoisotopic (exact) mass is 419 g/mol. The van der Waals surface area contributed by atoms with Gasteiger partial charge in [0.25, 0.3) is 0 Å². The summed E-state index contributed by atoms with van der Waals surface area (Å²) in [7, 11) is -3.99. The minimum Gasteiger partial charge on any atom is -0.406 e. The second kappa shape index (κ2) is 9.37. The molecule has 0 amide bonds. The van der Waals surface area contributed by atoms with Gasteiger partial charge in [-0.1, -0.05) is 29.8 Å². The van der Waals surface area contributed by atoms with Crippen molar-refractivity contribution in [3.05, 3.63) is 59.7 Å². The van der Waals surface area contributed by atoms with Crippen molar-refractivity contribution >= 4 is 10.0 Å². The highest BCUT2D eigenvalue weighted by atomic mass is 32.2. The third-order valence-electron chi connectivity index (χ3n) is 3.69. The van der Waals surface area contributed by atoms with Crippen LogP contribution in [-0.2, 0) is 14.8 Å². The van der Waals surface area contributed by atoms with E-state index >= 15 is 0 Å². The Kier molecular flexibility index (Phi) is 7.41. The Labute approximate surface area is 161 Å². The Bertz CT molecular complexity index is 852. The maximum Gasteiger partial charge on any atom is 0.573 e. The van der Waals surface area contributed by atoms with Crippen LogP contribution < -0.4 is 9.46 Å². The molecule has 2 rings (SSSR count). The summed E-state index contributed by atoms with van der Waals surface area (Å²) in [4.78, 5) is -0.216. The molecule has 0 spiro atoms. The standard InChI is InChI=1S/C18H20F3NO5S/c1-13-2-4-14(5-3-13)17(26-11-10-23)12-22-28(24,25)16-8-6-15(7-9-16)27-18(19,20)21/h2-9,17,22-23H,10-12H2,1H3. The first-order valence-electron chi connectivity index (χ1n) is 8.25. The molecule has 0 fully saturated rings. The lowest BCUT2D eigenvalue weighted by molar-refractivity contribution is -0.274. The average molecular weight is 419 g/mol. The highest BCUT2D eigenvalue weighted by Crippen LogP contribution is 2.24. The first kappa shape index (κ1) is 22.2. The smallest absolute Gasteiger partial charge is 0.406 e. The number of sulfonamides is 1. The quantitative estimate of drug-likeness (QED) is 0.653. The number of hydrogen-bond acceptors (Lipinski definition) is 5. The van der Waals surface area contributed by atoms with E-state index in [1.165, 1.54) is 0 Å². The average Bonchev–Trinajstić information content (AvgIpc) is 2.62. The second-order valence-corrected chi connectivity index (χ2v) is 7.63. The Morgan fingerprint density at radius 3 is 2.21 bits per heavy atom. The summed E-state index contributed by atoms with van der Waals surface area (Å²) in [5.74, 6) is -0.518. The molecule has 154 valence electrons. The zero-order valence-corrected chi connectivity index (χ0v) is 15.8. The number of aryl methyl sites for hydroxylation is 1. The number of aliphatic hydroxyl groups excluding tert-OH is 1. The summed E-state index contributed by atoms with van der Waals surface area (Å²) < 4.78 is 73.0. The van der Waals surface area contributed by atoms with E-state index in [2.05, 4.69) is 9.46 Å². The van der Waals surface area contributed by atoms with Crippen molar-refractivity contribution in [3.8, 4) is 5.75 Å². The summed E-state index contributed by atoms with van der Waals surface area (Å²) in [6.45, 7) is 1.58. The normalized spacial score (nSPS) is 13.3. The predicted molar refractivity (Wildman–Crippen MR) is 95.3 cm³/mol. The Morgan fingerprint density at radius 2 is 1.68 bits per heavy atom. The number of rotatable bonds is 9. The van der Waals surface area contributed by atoms with Gasteiger partial charge >= 0.3 is 6.36 Å². The molecule has 0 aliphatic heterocycles.